The number of halogens is 2. The molecular formula is C34H56Br2S2. The van der Waals surface area contributed by atoms with Crippen LogP contribution in [0, 0.1) is 5.92 Å². The Hall–Kier alpha value is 0.360. The molecular weight excluding hydrogens is 632 g/mol. The van der Waals surface area contributed by atoms with E-state index in [1.165, 1.54) is 154 Å². The minimum Gasteiger partial charge on any atom is -0.143 e. The van der Waals surface area contributed by atoms with E-state index in [1.54, 1.807) is 5.56 Å². The highest BCUT2D eigenvalue weighted by Gasteiger charge is 2.19. The van der Waals surface area contributed by atoms with E-state index in [1.807, 2.05) is 22.7 Å². The van der Waals surface area contributed by atoms with Gasteiger partial charge in [0, 0.05) is 14.6 Å². The highest BCUT2D eigenvalue weighted by Crippen LogP contribution is 2.41. The summed E-state index contributed by atoms with van der Waals surface area (Å²) < 4.78 is 1.36. The minimum absolute atomic E-state index is 0.699. The second-order valence-corrected chi connectivity index (χ2v) is 15.9. The Morgan fingerprint density at radius 3 is 1.92 bits per heavy atom. The van der Waals surface area contributed by atoms with Crippen LogP contribution in [0.15, 0.2) is 21.3 Å². The maximum absolute atomic E-state index is 4.15. The van der Waals surface area contributed by atoms with Crippen molar-refractivity contribution in [2.45, 2.75) is 160 Å². The Bertz CT molecular complexity index is 824. The third-order valence-corrected chi connectivity index (χ3v) is 12.4. The lowest BCUT2D eigenvalue weighted by Gasteiger charge is -2.23. The summed E-state index contributed by atoms with van der Waals surface area (Å²) in [7, 11) is 0. The van der Waals surface area contributed by atoms with E-state index >= 15 is 0 Å². The molecule has 0 aromatic carbocycles. The van der Waals surface area contributed by atoms with Crippen LogP contribution in [0.2, 0.25) is 0 Å². The summed E-state index contributed by atoms with van der Waals surface area (Å²) in [5.74, 6) is 0.833. The van der Waals surface area contributed by atoms with Crippen LogP contribution in [-0.4, -0.2) is 4.83 Å². The second-order valence-electron chi connectivity index (χ2n) is 11.4. The SMILES string of the molecule is CCCCCCCCc1cc(-c2sccc2CCCC(CCCCCCCC)C(Br)CCCCC)sc1Br. The molecule has 2 unspecified atom stereocenters. The second kappa shape index (κ2) is 22.0. The predicted octanol–water partition coefficient (Wildman–Crippen LogP) is 14.2. The normalized spacial score (nSPS) is 13.3. The molecule has 2 rings (SSSR count). The van der Waals surface area contributed by atoms with Gasteiger partial charge in [0.2, 0.25) is 0 Å². The van der Waals surface area contributed by atoms with Crippen LogP contribution < -0.4 is 0 Å². The lowest BCUT2D eigenvalue weighted by molar-refractivity contribution is 0.387. The van der Waals surface area contributed by atoms with Crippen LogP contribution in [0.25, 0.3) is 9.75 Å². The lowest BCUT2D eigenvalue weighted by atomic mass is 9.89. The molecule has 0 N–H and O–H groups in total. The molecule has 0 saturated carbocycles. The molecule has 0 aliphatic rings. The third-order valence-electron chi connectivity index (χ3n) is 8.07. The maximum Gasteiger partial charge on any atom is 0.0737 e. The number of rotatable bonds is 24. The molecule has 2 aromatic heterocycles. The molecule has 0 radical (unpaired) electrons. The van der Waals surface area contributed by atoms with Crippen LogP contribution in [0.3, 0.4) is 0 Å². The van der Waals surface area contributed by atoms with E-state index < -0.39 is 0 Å². The van der Waals surface area contributed by atoms with Gasteiger partial charge in [-0.15, -0.1) is 22.7 Å². The summed E-state index contributed by atoms with van der Waals surface area (Å²) in [6.07, 6.45) is 28.6. The summed E-state index contributed by atoms with van der Waals surface area (Å²) in [5.41, 5.74) is 3.10. The molecule has 0 aliphatic heterocycles. The third kappa shape index (κ3) is 13.8. The number of alkyl halides is 1. The molecule has 0 bridgehead atoms. The summed E-state index contributed by atoms with van der Waals surface area (Å²) in [5, 5.41) is 2.32. The summed E-state index contributed by atoms with van der Waals surface area (Å²) in [4.78, 5) is 3.70. The van der Waals surface area contributed by atoms with Crippen molar-refractivity contribution in [3.63, 3.8) is 0 Å². The maximum atomic E-state index is 4.15. The van der Waals surface area contributed by atoms with Crippen LogP contribution >= 0.6 is 54.5 Å². The average molecular weight is 689 g/mol. The van der Waals surface area contributed by atoms with Gasteiger partial charge in [0.25, 0.3) is 0 Å². The van der Waals surface area contributed by atoms with Gasteiger partial charge in [-0.3, -0.25) is 0 Å². The average Bonchev–Trinajstić information content (AvgIpc) is 3.53. The first-order chi connectivity index (χ1) is 18.6. The largest absolute Gasteiger partial charge is 0.143 e. The topological polar surface area (TPSA) is 0 Å². The van der Waals surface area contributed by atoms with Gasteiger partial charge in [-0.05, 0) is 95.4 Å². The molecule has 38 heavy (non-hydrogen) atoms. The predicted molar refractivity (Wildman–Crippen MR) is 184 cm³/mol. The Morgan fingerprint density at radius 1 is 0.658 bits per heavy atom. The van der Waals surface area contributed by atoms with Crippen molar-refractivity contribution in [1.29, 1.82) is 0 Å². The van der Waals surface area contributed by atoms with Crippen molar-refractivity contribution in [2.75, 3.05) is 0 Å². The molecule has 0 amide bonds. The van der Waals surface area contributed by atoms with Crippen LogP contribution in [-0.2, 0) is 12.8 Å². The first kappa shape index (κ1) is 34.6. The fourth-order valence-corrected chi connectivity index (χ4v) is 9.34. The first-order valence-corrected chi connectivity index (χ1v) is 19.5. The van der Waals surface area contributed by atoms with Crippen LogP contribution in [0.5, 0.6) is 0 Å². The molecule has 0 saturated heterocycles. The quantitative estimate of drug-likeness (QED) is 0.0761. The summed E-state index contributed by atoms with van der Waals surface area (Å²) in [6.45, 7) is 6.93. The minimum atomic E-state index is 0.699. The molecule has 2 aromatic rings. The molecule has 4 heteroatoms. The van der Waals surface area contributed by atoms with E-state index in [4.69, 9.17) is 0 Å². The van der Waals surface area contributed by atoms with Gasteiger partial charge >= 0.3 is 0 Å². The Morgan fingerprint density at radius 2 is 1.21 bits per heavy atom. The number of aryl methyl sites for hydroxylation is 2. The van der Waals surface area contributed by atoms with Crippen molar-refractivity contribution in [3.05, 3.63) is 32.4 Å². The van der Waals surface area contributed by atoms with Gasteiger partial charge < -0.3 is 0 Å². The summed E-state index contributed by atoms with van der Waals surface area (Å²) >= 11 is 11.9. The Balaban J connectivity index is 1.87. The molecule has 2 heterocycles. The van der Waals surface area contributed by atoms with Crippen molar-refractivity contribution in [3.8, 4) is 9.75 Å². The summed E-state index contributed by atoms with van der Waals surface area (Å²) in [6, 6.07) is 4.89. The number of hydrogen-bond acceptors (Lipinski definition) is 2. The first-order valence-electron chi connectivity index (χ1n) is 16.1. The van der Waals surface area contributed by atoms with Crippen molar-refractivity contribution in [1.82, 2.24) is 0 Å². The van der Waals surface area contributed by atoms with Gasteiger partial charge in [0.1, 0.15) is 0 Å². The Kier molecular flexibility index (Phi) is 20.0. The molecule has 0 nitrogen and oxygen atoms in total. The number of unbranched alkanes of at least 4 members (excludes halogenated alkanes) is 12. The van der Waals surface area contributed by atoms with Crippen molar-refractivity contribution >= 4 is 54.5 Å². The van der Waals surface area contributed by atoms with E-state index in [-0.39, 0.29) is 0 Å². The monoisotopic (exact) mass is 686 g/mol. The zero-order valence-corrected chi connectivity index (χ0v) is 29.6. The number of hydrogen-bond donors (Lipinski definition) is 0. The van der Waals surface area contributed by atoms with Crippen LogP contribution in [0.1, 0.15) is 154 Å². The van der Waals surface area contributed by atoms with E-state index in [9.17, 15) is 0 Å². The highest BCUT2D eigenvalue weighted by molar-refractivity contribution is 9.11. The van der Waals surface area contributed by atoms with Crippen LogP contribution in [0.4, 0.5) is 0 Å². The van der Waals surface area contributed by atoms with E-state index in [2.05, 4.69) is 70.1 Å². The molecule has 0 fully saturated rings. The zero-order valence-electron chi connectivity index (χ0n) is 24.8. The Labute approximate surface area is 261 Å². The molecule has 218 valence electrons. The van der Waals surface area contributed by atoms with Crippen molar-refractivity contribution in [2.24, 2.45) is 5.92 Å². The smallest absolute Gasteiger partial charge is 0.0737 e. The van der Waals surface area contributed by atoms with Crippen molar-refractivity contribution < 1.29 is 0 Å². The molecule has 0 aliphatic carbocycles. The lowest BCUT2D eigenvalue weighted by Crippen LogP contribution is -2.15. The van der Waals surface area contributed by atoms with Gasteiger partial charge in [-0.2, -0.15) is 0 Å². The van der Waals surface area contributed by atoms with Gasteiger partial charge in [0.15, 0.2) is 0 Å². The van der Waals surface area contributed by atoms with Gasteiger partial charge in [0.05, 0.1) is 3.79 Å². The van der Waals surface area contributed by atoms with Gasteiger partial charge in [-0.1, -0.05) is 127 Å². The fourth-order valence-electron chi connectivity index (χ4n) is 5.61. The molecule has 2 atom stereocenters. The van der Waals surface area contributed by atoms with E-state index in [0.29, 0.717) is 4.83 Å². The highest BCUT2D eigenvalue weighted by atomic mass is 79.9. The van der Waals surface area contributed by atoms with E-state index in [0.717, 1.165) is 5.92 Å². The standard InChI is InChI=1S/C34H56Br2S2/c1-4-7-10-12-14-17-20-28(31(35)24-16-9-6-3)22-19-23-29-25-26-37-33(29)32-27-30(34(36)38-32)21-18-15-13-11-8-5-2/h25-28,31H,4-24H2,1-3H3. The fraction of sp³-hybridized carbons (Fsp3) is 0.765. The molecule has 0 spiro atoms. The van der Waals surface area contributed by atoms with Gasteiger partial charge in [-0.25, -0.2) is 0 Å². The zero-order chi connectivity index (χ0) is 27.4. The number of thiophene rings is 2.